The number of likely N-dealkylation sites (tertiary alicyclic amines) is 2. The Bertz CT molecular complexity index is 851. The maximum atomic E-state index is 12.6. The second kappa shape index (κ2) is 8.05. The number of carboxylic acids is 1. The van der Waals surface area contributed by atoms with Crippen LogP contribution in [0.3, 0.4) is 0 Å². The van der Waals surface area contributed by atoms with E-state index in [2.05, 4.69) is 0 Å². The minimum Gasteiger partial charge on any atom is -0.481 e. The number of carbonyl (C=O) groups excluding carboxylic acids is 2. The number of aliphatic carboxylic acids is 1. The molecule has 3 aliphatic rings. The average Bonchev–Trinajstić information content (AvgIpc) is 3.35. The number of nitrogens with zero attached hydrogens (tertiary/aromatic N) is 2. The molecule has 0 aromatic heterocycles. The van der Waals surface area contributed by atoms with Crippen molar-refractivity contribution >= 4 is 18.2 Å². The molecule has 168 valence electrons. The van der Waals surface area contributed by atoms with Crippen LogP contribution >= 0.6 is 0 Å². The third kappa shape index (κ3) is 4.34. The molecule has 2 amide bonds. The molecule has 31 heavy (non-hydrogen) atoms. The van der Waals surface area contributed by atoms with Crippen LogP contribution in [0.5, 0.6) is 0 Å². The van der Waals surface area contributed by atoms with E-state index < -0.39 is 29.7 Å². The molecule has 2 heterocycles. The van der Waals surface area contributed by atoms with Crippen LogP contribution in [0, 0.1) is 29.6 Å². The first-order valence-corrected chi connectivity index (χ1v) is 10.8. The van der Waals surface area contributed by atoms with Crippen molar-refractivity contribution in [2.24, 2.45) is 29.6 Å². The maximum absolute atomic E-state index is 12.6. The Kier molecular flexibility index (Phi) is 5.58. The summed E-state index contributed by atoms with van der Waals surface area (Å²) in [5, 5.41) is 9.93. The van der Waals surface area contributed by atoms with Gasteiger partial charge in [-0.15, -0.1) is 0 Å². The SMILES string of the molecule is CC(C)(C)OC(=O)N1C[C@@H]2C(C(=O)O)C3CN(C(=O)OCc4ccccc4)CC3[C@@H]2C1. The third-order valence-electron chi connectivity index (χ3n) is 6.70. The van der Waals surface area contributed by atoms with Crippen molar-refractivity contribution in [3.05, 3.63) is 35.9 Å². The fraction of sp³-hybridized carbons (Fsp3) is 0.609. The Labute approximate surface area is 182 Å². The number of fused-ring (bicyclic) bond motifs is 3. The zero-order valence-electron chi connectivity index (χ0n) is 18.2. The second-order valence-electron chi connectivity index (χ2n) is 9.85. The lowest BCUT2D eigenvalue weighted by Crippen LogP contribution is -2.38. The van der Waals surface area contributed by atoms with Gasteiger partial charge in [0.25, 0.3) is 0 Å². The van der Waals surface area contributed by atoms with Gasteiger partial charge in [0.2, 0.25) is 0 Å². The summed E-state index contributed by atoms with van der Waals surface area (Å²) in [6.45, 7) is 7.33. The highest BCUT2D eigenvalue weighted by molar-refractivity contribution is 5.74. The van der Waals surface area contributed by atoms with Gasteiger partial charge in [0, 0.05) is 26.2 Å². The van der Waals surface area contributed by atoms with Gasteiger partial charge in [-0.3, -0.25) is 4.79 Å². The van der Waals surface area contributed by atoms with Crippen LogP contribution in [0.15, 0.2) is 30.3 Å². The number of hydrogen-bond acceptors (Lipinski definition) is 5. The van der Waals surface area contributed by atoms with Crippen LogP contribution in [-0.2, 0) is 20.9 Å². The molecular formula is C23H30N2O6. The molecule has 1 N–H and O–H groups in total. The number of carboxylic acid groups (broad SMARTS) is 1. The van der Waals surface area contributed by atoms with Crippen molar-refractivity contribution in [3.8, 4) is 0 Å². The molecule has 0 radical (unpaired) electrons. The van der Waals surface area contributed by atoms with Crippen molar-refractivity contribution in [1.29, 1.82) is 0 Å². The van der Waals surface area contributed by atoms with Gasteiger partial charge in [0.1, 0.15) is 12.2 Å². The molecule has 3 unspecified atom stereocenters. The average molecular weight is 431 g/mol. The molecule has 8 nitrogen and oxygen atoms in total. The van der Waals surface area contributed by atoms with Crippen LogP contribution in [0.1, 0.15) is 26.3 Å². The van der Waals surface area contributed by atoms with Gasteiger partial charge in [-0.05, 0) is 50.0 Å². The van der Waals surface area contributed by atoms with E-state index in [0.29, 0.717) is 26.2 Å². The van der Waals surface area contributed by atoms with E-state index >= 15 is 0 Å². The van der Waals surface area contributed by atoms with Gasteiger partial charge in [-0.25, -0.2) is 9.59 Å². The van der Waals surface area contributed by atoms with E-state index in [-0.39, 0.29) is 30.3 Å². The monoisotopic (exact) mass is 430 g/mol. The lowest BCUT2D eigenvalue weighted by atomic mass is 9.88. The lowest BCUT2D eigenvalue weighted by Gasteiger charge is -2.26. The normalized spacial score (nSPS) is 29.5. The van der Waals surface area contributed by atoms with Crippen LogP contribution in [0.4, 0.5) is 9.59 Å². The van der Waals surface area contributed by atoms with Crippen LogP contribution in [0.2, 0.25) is 0 Å². The van der Waals surface area contributed by atoms with Crippen LogP contribution < -0.4 is 0 Å². The number of amides is 2. The Morgan fingerprint density at radius 1 is 0.903 bits per heavy atom. The quantitative estimate of drug-likeness (QED) is 0.792. The van der Waals surface area contributed by atoms with Crippen molar-refractivity contribution in [2.75, 3.05) is 26.2 Å². The van der Waals surface area contributed by atoms with Crippen LogP contribution in [-0.4, -0.2) is 64.8 Å². The third-order valence-corrected chi connectivity index (χ3v) is 6.70. The summed E-state index contributed by atoms with van der Waals surface area (Å²) in [5.41, 5.74) is 0.304. The first-order chi connectivity index (χ1) is 14.6. The molecule has 1 saturated carbocycles. The Morgan fingerprint density at radius 2 is 1.42 bits per heavy atom. The minimum atomic E-state index is -0.854. The number of ether oxygens (including phenoxy) is 2. The van der Waals surface area contributed by atoms with Crippen molar-refractivity contribution in [2.45, 2.75) is 33.0 Å². The zero-order valence-corrected chi connectivity index (χ0v) is 18.2. The molecule has 1 aliphatic carbocycles. The van der Waals surface area contributed by atoms with E-state index in [4.69, 9.17) is 9.47 Å². The smallest absolute Gasteiger partial charge is 0.410 e. The number of benzene rings is 1. The van der Waals surface area contributed by atoms with Crippen LogP contribution in [0.25, 0.3) is 0 Å². The van der Waals surface area contributed by atoms with Crippen molar-refractivity contribution < 1.29 is 29.0 Å². The van der Waals surface area contributed by atoms with Gasteiger partial charge in [0.15, 0.2) is 0 Å². The summed E-state index contributed by atoms with van der Waals surface area (Å²) in [4.78, 5) is 40.5. The molecule has 0 bridgehead atoms. The molecule has 8 heteroatoms. The molecule has 2 saturated heterocycles. The molecule has 1 aromatic rings. The summed E-state index contributed by atoms with van der Waals surface area (Å²) in [5.74, 6) is -1.56. The number of rotatable bonds is 3. The number of carbonyl (C=O) groups is 3. The van der Waals surface area contributed by atoms with Crippen molar-refractivity contribution in [1.82, 2.24) is 9.80 Å². The molecular weight excluding hydrogens is 400 g/mol. The van der Waals surface area contributed by atoms with Gasteiger partial charge >= 0.3 is 18.2 Å². The zero-order chi connectivity index (χ0) is 22.3. The van der Waals surface area contributed by atoms with Gasteiger partial charge in [-0.2, -0.15) is 0 Å². The van der Waals surface area contributed by atoms with E-state index in [1.54, 1.807) is 9.80 Å². The Hall–Kier alpha value is -2.77. The second-order valence-corrected chi connectivity index (χ2v) is 9.85. The first-order valence-electron chi connectivity index (χ1n) is 10.8. The predicted molar refractivity (Wildman–Crippen MR) is 111 cm³/mol. The van der Waals surface area contributed by atoms with E-state index in [0.717, 1.165) is 5.56 Å². The summed E-state index contributed by atoms with van der Waals surface area (Å²) in [6.07, 6.45) is -0.819. The Morgan fingerprint density at radius 3 is 1.94 bits per heavy atom. The maximum Gasteiger partial charge on any atom is 0.410 e. The molecule has 2 aliphatic heterocycles. The van der Waals surface area contributed by atoms with Gasteiger partial charge < -0.3 is 24.4 Å². The van der Waals surface area contributed by atoms with E-state index in [9.17, 15) is 19.5 Å². The minimum absolute atomic E-state index is 0.0443. The lowest BCUT2D eigenvalue weighted by molar-refractivity contribution is -0.144. The molecule has 3 fully saturated rings. The summed E-state index contributed by atoms with van der Waals surface area (Å²) in [6, 6.07) is 9.45. The molecule has 0 spiro atoms. The first kappa shape index (κ1) is 21.5. The van der Waals surface area contributed by atoms with Gasteiger partial charge in [-0.1, -0.05) is 30.3 Å². The van der Waals surface area contributed by atoms with Gasteiger partial charge in [0.05, 0.1) is 5.92 Å². The summed E-state index contributed by atoms with van der Waals surface area (Å²) in [7, 11) is 0. The predicted octanol–water partition coefficient (Wildman–Crippen LogP) is 3.07. The molecule has 5 atom stereocenters. The molecule has 4 rings (SSSR count). The summed E-state index contributed by atoms with van der Waals surface area (Å²) < 4.78 is 10.9. The fourth-order valence-electron chi connectivity index (χ4n) is 5.49. The van der Waals surface area contributed by atoms with E-state index in [1.807, 2.05) is 51.1 Å². The highest BCUT2D eigenvalue weighted by Crippen LogP contribution is 2.53. The Balaban J connectivity index is 1.41. The highest BCUT2D eigenvalue weighted by atomic mass is 16.6. The highest BCUT2D eigenvalue weighted by Gasteiger charge is 2.60. The molecule has 1 aromatic carbocycles. The fourth-order valence-corrected chi connectivity index (χ4v) is 5.49. The largest absolute Gasteiger partial charge is 0.481 e. The van der Waals surface area contributed by atoms with Crippen molar-refractivity contribution in [3.63, 3.8) is 0 Å². The standard InChI is InChI=1S/C23H30N2O6/c1-23(2,3)31-22(29)25-10-16-15-9-24(11-17(15)19(20(26)27)18(16)12-25)21(28)30-13-14-7-5-4-6-8-14/h4-8,15-19H,9-13H2,1-3H3,(H,26,27)/t15?,16-,17?,18-,19?/m0/s1. The number of hydrogen-bond donors (Lipinski definition) is 1. The van der Waals surface area contributed by atoms with E-state index in [1.165, 1.54) is 0 Å². The summed E-state index contributed by atoms with van der Waals surface area (Å²) >= 11 is 0. The topological polar surface area (TPSA) is 96.4 Å².